The molecule has 0 radical (unpaired) electrons. The fraction of sp³-hybridized carbons (Fsp3) is 0.696. The van der Waals surface area contributed by atoms with E-state index in [9.17, 15) is 4.79 Å². The van der Waals surface area contributed by atoms with Gasteiger partial charge in [-0.1, -0.05) is 6.07 Å². The molecule has 0 bridgehead atoms. The molecule has 2 aliphatic rings. The summed E-state index contributed by atoms with van der Waals surface area (Å²) in [5.41, 5.74) is 2.65. The quantitative estimate of drug-likeness (QED) is 0.668. The molecule has 5 heteroatoms. The Kier molecular flexibility index (Phi) is 7.84. The summed E-state index contributed by atoms with van der Waals surface area (Å²) >= 11 is 1.79. The Morgan fingerprint density at radius 2 is 1.79 bits per heavy atom. The third-order valence-corrected chi connectivity index (χ3v) is 7.04. The molecule has 2 aliphatic heterocycles. The lowest BCUT2D eigenvalue weighted by Crippen LogP contribution is -2.48. The average molecular weight is 405 g/mol. The Balaban J connectivity index is 1.36. The van der Waals surface area contributed by atoms with Crippen molar-refractivity contribution in [2.75, 3.05) is 38.5 Å². The highest BCUT2D eigenvalue weighted by Gasteiger charge is 2.27. The highest BCUT2D eigenvalue weighted by Crippen LogP contribution is 2.24. The van der Waals surface area contributed by atoms with Crippen LogP contribution in [0.2, 0.25) is 0 Å². The van der Waals surface area contributed by atoms with Crippen LogP contribution in [0.3, 0.4) is 0 Å². The number of hydrogen-bond donors (Lipinski definition) is 0. The molecule has 0 N–H and O–H groups in total. The van der Waals surface area contributed by atoms with Crippen molar-refractivity contribution in [1.82, 2.24) is 9.80 Å². The largest absolute Gasteiger partial charge is 0.373 e. The van der Waals surface area contributed by atoms with Crippen LogP contribution in [0.4, 0.5) is 0 Å². The molecule has 2 atom stereocenters. The summed E-state index contributed by atoms with van der Waals surface area (Å²) in [6.07, 6.45) is 3.58. The maximum atomic E-state index is 12.6. The number of thioether (sulfide) groups is 1. The lowest BCUT2D eigenvalue weighted by atomic mass is 9.95. The van der Waals surface area contributed by atoms with Crippen molar-refractivity contribution in [2.45, 2.75) is 64.1 Å². The number of hydrogen-bond acceptors (Lipinski definition) is 4. The van der Waals surface area contributed by atoms with Crippen molar-refractivity contribution in [3.05, 3.63) is 29.3 Å². The second-order valence-electron chi connectivity index (χ2n) is 8.64. The fourth-order valence-corrected chi connectivity index (χ4v) is 5.32. The summed E-state index contributed by atoms with van der Waals surface area (Å²) in [4.78, 5) is 18.5. The molecule has 156 valence electrons. The number of carbonyl (C=O) groups excluding carboxylic acids is 1. The van der Waals surface area contributed by atoms with E-state index in [1.54, 1.807) is 11.8 Å². The zero-order chi connectivity index (χ0) is 20.1. The van der Waals surface area contributed by atoms with Crippen molar-refractivity contribution in [3.63, 3.8) is 0 Å². The molecule has 0 spiro atoms. The lowest BCUT2D eigenvalue weighted by Gasteiger charge is -2.39. The minimum Gasteiger partial charge on any atom is -0.373 e. The topological polar surface area (TPSA) is 32.8 Å². The smallest absolute Gasteiger partial charge is 0.223 e. The molecule has 0 aromatic heterocycles. The van der Waals surface area contributed by atoms with Crippen molar-refractivity contribution >= 4 is 17.7 Å². The lowest BCUT2D eigenvalue weighted by molar-refractivity contribution is -0.132. The van der Waals surface area contributed by atoms with Gasteiger partial charge in [0.25, 0.3) is 0 Å². The standard InChI is InChI=1S/C23H36N2O2S/c1-17-5-6-22(13-18(17)2)28-12-9-23(26)25-10-7-21(8-11-25)16-24-14-19(3)27-20(4)15-24/h5-6,13,19-21H,7-12,14-16H2,1-4H3. The van der Waals surface area contributed by atoms with E-state index < -0.39 is 0 Å². The maximum absolute atomic E-state index is 12.6. The summed E-state index contributed by atoms with van der Waals surface area (Å²) in [7, 11) is 0. The zero-order valence-corrected chi connectivity index (χ0v) is 18.8. The third-order valence-electron chi connectivity index (χ3n) is 6.04. The predicted octanol–water partition coefficient (Wildman–Crippen LogP) is 4.13. The summed E-state index contributed by atoms with van der Waals surface area (Å²) in [5.74, 6) is 1.90. The first-order valence-corrected chi connectivity index (χ1v) is 11.7. The molecular weight excluding hydrogens is 368 g/mol. The molecular formula is C23H36N2O2S. The van der Waals surface area contributed by atoms with Crippen LogP contribution < -0.4 is 0 Å². The predicted molar refractivity (Wildman–Crippen MR) is 117 cm³/mol. The van der Waals surface area contributed by atoms with Crippen LogP contribution in [0.5, 0.6) is 0 Å². The van der Waals surface area contributed by atoms with Gasteiger partial charge in [0, 0.05) is 49.8 Å². The number of rotatable bonds is 6. The number of aryl methyl sites for hydroxylation is 2. The second-order valence-corrected chi connectivity index (χ2v) is 9.81. The van der Waals surface area contributed by atoms with Crippen LogP contribution in [0.1, 0.15) is 44.2 Å². The minimum atomic E-state index is 0.323. The third kappa shape index (κ3) is 6.23. The SMILES string of the molecule is Cc1ccc(SCCC(=O)N2CCC(CN3CC(C)OC(C)C3)CC2)cc1C. The van der Waals surface area contributed by atoms with Gasteiger partial charge in [0.05, 0.1) is 12.2 Å². The van der Waals surface area contributed by atoms with E-state index in [0.717, 1.165) is 51.3 Å². The zero-order valence-electron chi connectivity index (χ0n) is 17.9. The Bertz CT molecular complexity index is 648. The Labute approximate surface area is 175 Å². The summed E-state index contributed by atoms with van der Waals surface area (Å²) in [6.45, 7) is 13.7. The molecule has 2 saturated heterocycles. The molecule has 1 aromatic carbocycles. The molecule has 2 unspecified atom stereocenters. The average Bonchev–Trinajstić information content (AvgIpc) is 2.64. The van der Waals surface area contributed by atoms with Gasteiger partial charge >= 0.3 is 0 Å². The highest BCUT2D eigenvalue weighted by atomic mass is 32.2. The van der Waals surface area contributed by atoms with E-state index in [4.69, 9.17) is 4.74 Å². The first-order valence-electron chi connectivity index (χ1n) is 10.8. The molecule has 4 nitrogen and oxygen atoms in total. The van der Waals surface area contributed by atoms with Gasteiger partial charge in [-0.15, -0.1) is 11.8 Å². The van der Waals surface area contributed by atoms with Crippen LogP contribution in [-0.4, -0.2) is 66.4 Å². The van der Waals surface area contributed by atoms with Crippen LogP contribution in [0.25, 0.3) is 0 Å². The molecule has 1 amide bonds. The second kappa shape index (κ2) is 10.1. The van der Waals surface area contributed by atoms with E-state index in [0.29, 0.717) is 30.5 Å². The van der Waals surface area contributed by atoms with Crippen molar-refractivity contribution < 1.29 is 9.53 Å². The summed E-state index contributed by atoms with van der Waals surface area (Å²) in [5, 5.41) is 0. The van der Waals surface area contributed by atoms with E-state index >= 15 is 0 Å². The number of nitrogens with zero attached hydrogens (tertiary/aromatic N) is 2. The minimum absolute atomic E-state index is 0.323. The van der Waals surface area contributed by atoms with Gasteiger partial charge < -0.3 is 9.64 Å². The van der Waals surface area contributed by atoms with E-state index in [-0.39, 0.29) is 0 Å². The normalized spacial score (nSPS) is 24.5. The van der Waals surface area contributed by atoms with Gasteiger partial charge in [0.2, 0.25) is 5.91 Å². The molecule has 28 heavy (non-hydrogen) atoms. The first-order chi connectivity index (χ1) is 13.4. The van der Waals surface area contributed by atoms with Crippen LogP contribution in [0.15, 0.2) is 23.1 Å². The number of morpholine rings is 1. The van der Waals surface area contributed by atoms with Crippen molar-refractivity contribution in [1.29, 1.82) is 0 Å². The molecule has 0 aliphatic carbocycles. The van der Waals surface area contributed by atoms with Gasteiger partial charge in [-0.2, -0.15) is 0 Å². The molecule has 0 saturated carbocycles. The Morgan fingerprint density at radius 3 is 2.43 bits per heavy atom. The maximum Gasteiger partial charge on any atom is 0.223 e. The van der Waals surface area contributed by atoms with Crippen molar-refractivity contribution in [2.24, 2.45) is 5.92 Å². The van der Waals surface area contributed by atoms with E-state index in [1.807, 2.05) is 0 Å². The summed E-state index contributed by atoms with van der Waals surface area (Å²) in [6, 6.07) is 6.56. The van der Waals surface area contributed by atoms with Gasteiger partial charge in [-0.25, -0.2) is 0 Å². The first kappa shape index (κ1) is 21.7. The molecule has 1 aromatic rings. The number of benzene rings is 1. The van der Waals surface area contributed by atoms with Gasteiger partial charge in [0.15, 0.2) is 0 Å². The van der Waals surface area contributed by atoms with Crippen LogP contribution >= 0.6 is 11.8 Å². The van der Waals surface area contributed by atoms with Gasteiger partial charge in [0.1, 0.15) is 0 Å². The highest BCUT2D eigenvalue weighted by molar-refractivity contribution is 7.99. The molecule has 2 heterocycles. The monoisotopic (exact) mass is 404 g/mol. The van der Waals surface area contributed by atoms with E-state index in [2.05, 4.69) is 55.7 Å². The fourth-order valence-electron chi connectivity index (χ4n) is 4.38. The summed E-state index contributed by atoms with van der Waals surface area (Å²) < 4.78 is 5.84. The Hall–Kier alpha value is -1.04. The number of likely N-dealkylation sites (tertiary alicyclic amines) is 1. The van der Waals surface area contributed by atoms with Crippen molar-refractivity contribution in [3.8, 4) is 0 Å². The number of carbonyl (C=O) groups is 1. The number of piperidine rings is 1. The molecule has 3 rings (SSSR count). The van der Waals surface area contributed by atoms with Gasteiger partial charge in [-0.3, -0.25) is 9.69 Å². The van der Waals surface area contributed by atoms with Crippen LogP contribution in [-0.2, 0) is 9.53 Å². The van der Waals surface area contributed by atoms with E-state index in [1.165, 1.54) is 16.0 Å². The number of amides is 1. The van der Waals surface area contributed by atoms with Crippen LogP contribution in [0, 0.1) is 19.8 Å². The molecule has 2 fully saturated rings. The Morgan fingerprint density at radius 1 is 1.11 bits per heavy atom. The number of ether oxygens (including phenoxy) is 1. The van der Waals surface area contributed by atoms with Gasteiger partial charge in [-0.05, 0) is 69.7 Å².